The Balaban J connectivity index is 1.65. The van der Waals surface area contributed by atoms with E-state index in [-0.39, 0.29) is 24.1 Å². The number of nitrogens with one attached hydrogen (secondary N) is 2. The molecular weight excluding hydrogens is 306 g/mol. The largest absolute Gasteiger partial charge is 0.355 e. The van der Waals surface area contributed by atoms with E-state index in [1.54, 1.807) is 18.7 Å². The molecule has 2 rings (SSSR count). The Bertz CT molecular complexity index is 472. The Morgan fingerprint density at radius 3 is 2.54 bits per heavy atom. The van der Waals surface area contributed by atoms with Crippen LogP contribution in [-0.4, -0.2) is 48.8 Å². The molecule has 0 aromatic rings. The first kappa shape index (κ1) is 18.7. The molecule has 0 radical (unpaired) electrons. The van der Waals surface area contributed by atoms with E-state index in [0.717, 1.165) is 25.9 Å². The first-order chi connectivity index (χ1) is 11.4. The molecular formula is C18H31N3O3. The van der Waals surface area contributed by atoms with Crippen LogP contribution in [0.1, 0.15) is 58.8 Å². The Morgan fingerprint density at radius 1 is 1.17 bits per heavy atom. The number of likely N-dealkylation sites (tertiary alicyclic amines) is 1. The summed E-state index contributed by atoms with van der Waals surface area (Å²) in [5.41, 5.74) is -0.714. The van der Waals surface area contributed by atoms with E-state index < -0.39 is 5.41 Å². The van der Waals surface area contributed by atoms with Crippen LogP contribution in [0.2, 0.25) is 0 Å². The van der Waals surface area contributed by atoms with Gasteiger partial charge in [0.1, 0.15) is 0 Å². The van der Waals surface area contributed by atoms with Crippen LogP contribution >= 0.6 is 0 Å². The summed E-state index contributed by atoms with van der Waals surface area (Å²) in [6.07, 6.45) is 6.41. The summed E-state index contributed by atoms with van der Waals surface area (Å²) in [4.78, 5) is 37.9. The molecule has 2 aliphatic rings. The van der Waals surface area contributed by atoms with Gasteiger partial charge < -0.3 is 15.5 Å². The standard InChI is InChI=1S/C18H31N3O3/c1-18(2,17(24)20-13-14-6-5-7-14)12-15(22)19-9-11-21-10-4-3-8-16(21)23/h14H,3-13H2,1-2H3,(H,19,22)(H,20,24). The molecule has 0 spiro atoms. The number of piperidine rings is 1. The third-order valence-electron chi connectivity index (χ3n) is 5.12. The highest BCUT2D eigenvalue weighted by molar-refractivity contribution is 5.88. The van der Waals surface area contributed by atoms with Gasteiger partial charge in [-0.15, -0.1) is 0 Å². The summed E-state index contributed by atoms with van der Waals surface area (Å²) in [6.45, 7) is 6.11. The molecule has 1 aliphatic carbocycles. The van der Waals surface area contributed by atoms with E-state index in [1.165, 1.54) is 19.3 Å². The lowest BCUT2D eigenvalue weighted by Crippen LogP contribution is -2.44. The highest BCUT2D eigenvalue weighted by Crippen LogP contribution is 2.26. The highest BCUT2D eigenvalue weighted by Gasteiger charge is 2.31. The van der Waals surface area contributed by atoms with Crippen molar-refractivity contribution < 1.29 is 14.4 Å². The number of hydrogen-bond acceptors (Lipinski definition) is 3. The van der Waals surface area contributed by atoms with Crippen molar-refractivity contribution in [2.45, 2.75) is 58.8 Å². The predicted molar refractivity (Wildman–Crippen MR) is 92.2 cm³/mol. The van der Waals surface area contributed by atoms with Crippen molar-refractivity contribution in [3.8, 4) is 0 Å². The van der Waals surface area contributed by atoms with Crippen LogP contribution in [0.25, 0.3) is 0 Å². The van der Waals surface area contributed by atoms with E-state index >= 15 is 0 Å². The topological polar surface area (TPSA) is 78.5 Å². The van der Waals surface area contributed by atoms with E-state index in [2.05, 4.69) is 10.6 Å². The summed E-state index contributed by atoms with van der Waals surface area (Å²) in [5, 5.41) is 5.81. The van der Waals surface area contributed by atoms with Crippen molar-refractivity contribution in [3.63, 3.8) is 0 Å². The Labute approximate surface area is 144 Å². The van der Waals surface area contributed by atoms with Gasteiger partial charge in [0.15, 0.2) is 0 Å². The Morgan fingerprint density at radius 2 is 1.92 bits per heavy atom. The summed E-state index contributed by atoms with van der Waals surface area (Å²) >= 11 is 0. The minimum absolute atomic E-state index is 0.0595. The number of carbonyl (C=O) groups excluding carboxylic acids is 3. The smallest absolute Gasteiger partial charge is 0.226 e. The zero-order valence-electron chi connectivity index (χ0n) is 15.0. The highest BCUT2D eigenvalue weighted by atomic mass is 16.2. The molecule has 0 aromatic carbocycles. The molecule has 2 N–H and O–H groups in total. The minimum atomic E-state index is -0.714. The molecule has 1 saturated carbocycles. The summed E-state index contributed by atoms with van der Waals surface area (Å²) < 4.78 is 0. The van der Waals surface area contributed by atoms with Gasteiger partial charge in [0.2, 0.25) is 17.7 Å². The van der Waals surface area contributed by atoms with E-state index in [1.807, 2.05) is 0 Å². The normalized spacial score (nSPS) is 18.9. The number of carbonyl (C=O) groups is 3. The van der Waals surface area contributed by atoms with Crippen LogP contribution < -0.4 is 10.6 Å². The van der Waals surface area contributed by atoms with Crippen LogP contribution in [0.15, 0.2) is 0 Å². The number of rotatable bonds is 8. The molecule has 1 heterocycles. The van der Waals surface area contributed by atoms with Crippen LogP contribution in [0.4, 0.5) is 0 Å². The average Bonchev–Trinajstić information content (AvgIpc) is 2.47. The first-order valence-electron chi connectivity index (χ1n) is 9.21. The molecule has 0 bridgehead atoms. The molecule has 1 saturated heterocycles. The second kappa shape index (κ2) is 8.49. The fraction of sp³-hybridized carbons (Fsp3) is 0.833. The maximum Gasteiger partial charge on any atom is 0.226 e. The van der Waals surface area contributed by atoms with Gasteiger partial charge in [0.25, 0.3) is 0 Å². The van der Waals surface area contributed by atoms with Gasteiger partial charge in [-0.05, 0) is 31.6 Å². The van der Waals surface area contributed by atoms with E-state index in [0.29, 0.717) is 25.4 Å². The van der Waals surface area contributed by atoms with E-state index in [4.69, 9.17) is 0 Å². The SMILES string of the molecule is CC(C)(CC(=O)NCCN1CCCCC1=O)C(=O)NCC1CCC1. The molecule has 0 aromatic heterocycles. The van der Waals surface area contributed by atoms with Gasteiger partial charge >= 0.3 is 0 Å². The van der Waals surface area contributed by atoms with Crippen LogP contribution in [0.3, 0.4) is 0 Å². The second-order valence-corrected chi connectivity index (χ2v) is 7.76. The van der Waals surface area contributed by atoms with Gasteiger partial charge in [-0.1, -0.05) is 20.3 Å². The van der Waals surface area contributed by atoms with Crippen molar-refractivity contribution in [2.24, 2.45) is 11.3 Å². The average molecular weight is 337 g/mol. The lowest BCUT2D eigenvalue weighted by molar-refractivity contribution is -0.135. The molecule has 0 unspecified atom stereocenters. The van der Waals surface area contributed by atoms with Crippen LogP contribution in [0, 0.1) is 11.3 Å². The molecule has 3 amide bonds. The van der Waals surface area contributed by atoms with Gasteiger partial charge in [0.05, 0.1) is 5.41 Å². The Kier molecular flexibility index (Phi) is 6.63. The molecule has 6 nitrogen and oxygen atoms in total. The molecule has 0 atom stereocenters. The molecule has 2 fully saturated rings. The molecule has 24 heavy (non-hydrogen) atoms. The maximum atomic E-state index is 12.3. The van der Waals surface area contributed by atoms with Gasteiger partial charge in [-0.2, -0.15) is 0 Å². The summed E-state index contributed by atoms with van der Waals surface area (Å²) in [6, 6.07) is 0. The third-order valence-corrected chi connectivity index (χ3v) is 5.12. The maximum absolute atomic E-state index is 12.3. The lowest BCUT2D eigenvalue weighted by Gasteiger charge is -2.29. The molecule has 6 heteroatoms. The molecule has 136 valence electrons. The van der Waals surface area contributed by atoms with Crippen LogP contribution in [0.5, 0.6) is 0 Å². The van der Waals surface area contributed by atoms with Crippen molar-refractivity contribution in [1.29, 1.82) is 0 Å². The lowest BCUT2D eigenvalue weighted by atomic mass is 9.84. The zero-order chi connectivity index (χ0) is 17.6. The minimum Gasteiger partial charge on any atom is -0.355 e. The summed E-state index contributed by atoms with van der Waals surface area (Å²) in [7, 11) is 0. The van der Waals surface area contributed by atoms with Crippen molar-refractivity contribution >= 4 is 17.7 Å². The first-order valence-corrected chi connectivity index (χ1v) is 9.21. The number of nitrogens with zero attached hydrogens (tertiary/aromatic N) is 1. The third kappa shape index (κ3) is 5.49. The van der Waals surface area contributed by atoms with Gasteiger partial charge in [0, 0.05) is 39.0 Å². The van der Waals surface area contributed by atoms with Crippen molar-refractivity contribution in [2.75, 3.05) is 26.2 Å². The number of hydrogen-bond donors (Lipinski definition) is 2. The van der Waals surface area contributed by atoms with Gasteiger partial charge in [-0.3, -0.25) is 14.4 Å². The fourth-order valence-corrected chi connectivity index (χ4v) is 3.15. The van der Waals surface area contributed by atoms with E-state index in [9.17, 15) is 14.4 Å². The zero-order valence-corrected chi connectivity index (χ0v) is 15.0. The van der Waals surface area contributed by atoms with Crippen LogP contribution in [-0.2, 0) is 14.4 Å². The van der Waals surface area contributed by atoms with Crippen molar-refractivity contribution in [1.82, 2.24) is 15.5 Å². The summed E-state index contributed by atoms with van der Waals surface area (Å²) in [5.74, 6) is 0.589. The second-order valence-electron chi connectivity index (χ2n) is 7.76. The monoisotopic (exact) mass is 337 g/mol. The molecule has 1 aliphatic heterocycles. The number of amides is 3. The predicted octanol–water partition coefficient (Wildman–Crippen LogP) is 1.45. The van der Waals surface area contributed by atoms with Crippen molar-refractivity contribution in [3.05, 3.63) is 0 Å². The van der Waals surface area contributed by atoms with Gasteiger partial charge in [-0.25, -0.2) is 0 Å². The Hall–Kier alpha value is -1.59. The fourth-order valence-electron chi connectivity index (χ4n) is 3.15. The quantitative estimate of drug-likeness (QED) is 0.703.